The number of rotatable bonds is 7. The lowest BCUT2D eigenvalue weighted by atomic mass is 10.1. The number of ether oxygens (including phenoxy) is 1. The summed E-state index contributed by atoms with van der Waals surface area (Å²) in [7, 11) is 0. The third kappa shape index (κ3) is 5.83. The minimum atomic E-state index is 0.710. The predicted molar refractivity (Wildman–Crippen MR) is 68.9 cm³/mol. The highest BCUT2D eigenvalue weighted by atomic mass is 16.5. The molecule has 1 N–H and O–H groups in total. The van der Waals surface area contributed by atoms with Crippen molar-refractivity contribution in [3.05, 3.63) is 0 Å². The Morgan fingerprint density at radius 1 is 1.25 bits per heavy atom. The van der Waals surface area contributed by atoms with Crippen LogP contribution in [0.5, 0.6) is 0 Å². The summed E-state index contributed by atoms with van der Waals surface area (Å²) in [6.07, 6.45) is 5.24. The molecule has 0 aromatic carbocycles. The highest BCUT2D eigenvalue weighted by Crippen LogP contribution is 2.11. The summed E-state index contributed by atoms with van der Waals surface area (Å²) >= 11 is 0. The summed E-state index contributed by atoms with van der Waals surface area (Å²) in [5, 5.41) is 3.61. The predicted octanol–water partition coefficient (Wildman–Crippen LogP) is 1.88. The molecule has 1 atom stereocenters. The second kappa shape index (κ2) is 8.97. The van der Waals surface area contributed by atoms with Crippen molar-refractivity contribution in [3.63, 3.8) is 0 Å². The van der Waals surface area contributed by atoms with Gasteiger partial charge in [-0.25, -0.2) is 0 Å². The third-order valence-electron chi connectivity index (χ3n) is 3.24. The third-order valence-corrected chi connectivity index (χ3v) is 3.24. The molecule has 0 aromatic rings. The molecule has 0 saturated carbocycles. The van der Waals surface area contributed by atoms with E-state index in [1.807, 2.05) is 6.92 Å². The molecule has 96 valence electrons. The summed E-state index contributed by atoms with van der Waals surface area (Å²) in [6.45, 7) is 10.8. The van der Waals surface area contributed by atoms with Crippen molar-refractivity contribution in [2.45, 2.75) is 45.6 Å². The zero-order valence-corrected chi connectivity index (χ0v) is 11.0. The van der Waals surface area contributed by atoms with Crippen LogP contribution in [0, 0.1) is 0 Å². The number of hydrogen-bond acceptors (Lipinski definition) is 3. The highest BCUT2D eigenvalue weighted by molar-refractivity contribution is 4.74. The normalized spacial score (nSPS) is 23.2. The molecule has 3 heteroatoms. The molecule has 1 heterocycles. The first-order valence-electron chi connectivity index (χ1n) is 6.90. The van der Waals surface area contributed by atoms with Gasteiger partial charge in [0, 0.05) is 19.2 Å². The van der Waals surface area contributed by atoms with Gasteiger partial charge in [0.2, 0.25) is 0 Å². The van der Waals surface area contributed by atoms with Gasteiger partial charge < -0.3 is 15.0 Å². The van der Waals surface area contributed by atoms with E-state index in [-0.39, 0.29) is 0 Å². The first-order chi connectivity index (χ1) is 7.86. The van der Waals surface area contributed by atoms with Gasteiger partial charge in [-0.05, 0) is 52.2 Å². The Balaban J connectivity index is 2.10. The fourth-order valence-corrected chi connectivity index (χ4v) is 2.38. The highest BCUT2D eigenvalue weighted by Gasteiger charge is 2.15. The van der Waals surface area contributed by atoms with Crippen LogP contribution in [0.2, 0.25) is 0 Å². The number of nitrogens with one attached hydrogen (secondary N) is 1. The Morgan fingerprint density at radius 3 is 2.88 bits per heavy atom. The van der Waals surface area contributed by atoms with Crippen LogP contribution in [0.1, 0.15) is 39.5 Å². The van der Waals surface area contributed by atoms with Crippen LogP contribution < -0.4 is 5.32 Å². The van der Waals surface area contributed by atoms with E-state index in [9.17, 15) is 0 Å². The van der Waals surface area contributed by atoms with E-state index in [1.54, 1.807) is 0 Å². The van der Waals surface area contributed by atoms with Crippen molar-refractivity contribution >= 4 is 0 Å². The van der Waals surface area contributed by atoms with E-state index in [0.717, 1.165) is 19.8 Å². The summed E-state index contributed by atoms with van der Waals surface area (Å²) in [6, 6.07) is 0.710. The maximum absolute atomic E-state index is 5.34. The fraction of sp³-hybridized carbons (Fsp3) is 1.00. The lowest BCUT2D eigenvalue weighted by Gasteiger charge is -2.19. The monoisotopic (exact) mass is 228 g/mol. The van der Waals surface area contributed by atoms with Gasteiger partial charge in [-0.2, -0.15) is 0 Å². The molecule has 1 saturated heterocycles. The summed E-state index contributed by atoms with van der Waals surface area (Å²) in [4.78, 5) is 2.60. The van der Waals surface area contributed by atoms with Gasteiger partial charge in [-0.3, -0.25) is 0 Å². The van der Waals surface area contributed by atoms with Crippen molar-refractivity contribution in [2.75, 3.05) is 39.4 Å². The van der Waals surface area contributed by atoms with Gasteiger partial charge in [0.1, 0.15) is 0 Å². The second-order valence-corrected chi connectivity index (χ2v) is 4.62. The Morgan fingerprint density at radius 2 is 2.12 bits per heavy atom. The van der Waals surface area contributed by atoms with Crippen LogP contribution in [0.3, 0.4) is 0 Å². The Hall–Kier alpha value is -0.120. The first-order valence-corrected chi connectivity index (χ1v) is 6.90. The van der Waals surface area contributed by atoms with Crippen LogP contribution >= 0.6 is 0 Å². The molecule has 1 aliphatic rings. The molecule has 0 aliphatic carbocycles. The van der Waals surface area contributed by atoms with Crippen LogP contribution in [-0.2, 0) is 4.74 Å². The van der Waals surface area contributed by atoms with E-state index in [1.165, 1.54) is 45.3 Å². The maximum Gasteiger partial charge on any atom is 0.0590 e. The second-order valence-electron chi connectivity index (χ2n) is 4.62. The number of likely N-dealkylation sites (tertiary alicyclic amines) is 1. The van der Waals surface area contributed by atoms with E-state index in [4.69, 9.17) is 4.74 Å². The molecule has 16 heavy (non-hydrogen) atoms. The molecule has 1 fully saturated rings. The Kier molecular flexibility index (Phi) is 7.81. The van der Waals surface area contributed by atoms with E-state index in [2.05, 4.69) is 17.1 Å². The number of hydrogen-bond donors (Lipinski definition) is 1. The Bertz CT molecular complexity index is 164. The van der Waals surface area contributed by atoms with Gasteiger partial charge in [0.05, 0.1) is 6.61 Å². The van der Waals surface area contributed by atoms with Crippen molar-refractivity contribution in [3.8, 4) is 0 Å². The van der Waals surface area contributed by atoms with Crippen LogP contribution in [0.15, 0.2) is 0 Å². The molecule has 0 aromatic heterocycles. The van der Waals surface area contributed by atoms with Gasteiger partial charge in [-0.15, -0.1) is 0 Å². The SMILES string of the molecule is CCCN1CCCC(NCCOCC)CC1. The quantitative estimate of drug-likeness (QED) is 0.673. The zero-order valence-electron chi connectivity index (χ0n) is 11.0. The van der Waals surface area contributed by atoms with Gasteiger partial charge in [-0.1, -0.05) is 6.92 Å². The lowest BCUT2D eigenvalue weighted by Crippen LogP contribution is -2.33. The van der Waals surface area contributed by atoms with Crippen LogP contribution in [0.25, 0.3) is 0 Å². The number of nitrogens with zero attached hydrogens (tertiary/aromatic N) is 1. The maximum atomic E-state index is 5.34. The zero-order chi connectivity index (χ0) is 11.6. The molecule has 0 spiro atoms. The van der Waals surface area contributed by atoms with Crippen molar-refractivity contribution in [1.82, 2.24) is 10.2 Å². The largest absolute Gasteiger partial charge is 0.380 e. The molecular weight excluding hydrogens is 200 g/mol. The fourth-order valence-electron chi connectivity index (χ4n) is 2.38. The van der Waals surface area contributed by atoms with Gasteiger partial charge >= 0.3 is 0 Å². The van der Waals surface area contributed by atoms with E-state index < -0.39 is 0 Å². The summed E-state index contributed by atoms with van der Waals surface area (Å²) < 4.78 is 5.34. The minimum Gasteiger partial charge on any atom is -0.380 e. The standard InChI is InChI=1S/C13H28N2O/c1-3-9-15-10-5-6-13(7-11-15)14-8-12-16-4-2/h13-14H,3-12H2,1-2H3. The van der Waals surface area contributed by atoms with Crippen molar-refractivity contribution < 1.29 is 4.74 Å². The Labute approximate surface area is 101 Å². The minimum absolute atomic E-state index is 0.710. The molecule has 1 unspecified atom stereocenters. The van der Waals surface area contributed by atoms with Crippen molar-refractivity contribution in [1.29, 1.82) is 0 Å². The topological polar surface area (TPSA) is 24.5 Å². The summed E-state index contributed by atoms with van der Waals surface area (Å²) in [5.74, 6) is 0. The molecule has 1 rings (SSSR count). The molecule has 1 aliphatic heterocycles. The average molecular weight is 228 g/mol. The molecule has 3 nitrogen and oxygen atoms in total. The van der Waals surface area contributed by atoms with Crippen LogP contribution in [-0.4, -0.2) is 50.3 Å². The van der Waals surface area contributed by atoms with E-state index in [0.29, 0.717) is 6.04 Å². The van der Waals surface area contributed by atoms with E-state index >= 15 is 0 Å². The first kappa shape index (κ1) is 13.9. The van der Waals surface area contributed by atoms with Crippen LogP contribution in [0.4, 0.5) is 0 Å². The molecule has 0 amide bonds. The smallest absolute Gasteiger partial charge is 0.0590 e. The molecule has 0 radical (unpaired) electrons. The molecular formula is C13H28N2O. The average Bonchev–Trinajstić information content (AvgIpc) is 2.51. The van der Waals surface area contributed by atoms with Gasteiger partial charge in [0.15, 0.2) is 0 Å². The van der Waals surface area contributed by atoms with Gasteiger partial charge in [0.25, 0.3) is 0 Å². The summed E-state index contributed by atoms with van der Waals surface area (Å²) in [5.41, 5.74) is 0. The lowest BCUT2D eigenvalue weighted by molar-refractivity contribution is 0.146. The van der Waals surface area contributed by atoms with Crippen molar-refractivity contribution in [2.24, 2.45) is 0 Å². The molecule has 0 bridgehead atoms.